The highest BCUT2D eigenvalue weighted by Crippen LogP contribution is 2.37. The molecule has 0 saturated carbocycles. The second-order valence-electron chi connectivity index (χ2n) is 4.58. The van der Waals surface area contributed by atoms with E-state index in [4.69, 9.17) is 4.74 Å². The molecule has 3 rings (SSSR count). The Labute approximate surface area is 121 Å². The fourth-order valence-corrected chi connectivity index (χ4v) is 3.39. The normalized spacial score (nSPS) is 22.9. The Bertz CT molecular complexity index is 571. The summed E-state index contributed by atoms with van der Waals surface area (Å²) in [6.45, 7) is 3.33. The molecule has 2 aliphatic rings. The summed E-state index contributed by atoms with van der Waals surface area (Å²) in [6.07, 6.45) is 0. The molecule has 0 fully saturated rings. The first-order chi connectivity index (χ1) is 9.74. The first-order valence-electron chi connectivity index (χ1n) is 6.50. The summed E-state index contributed by atoms with van der Waals surface area (Å²) < 4.78 is 5.08. The second kappa shape index (κ2) is 5.66. The molecule has 2 atom stereocenters. The lowest BCUT2D eigenvalue weighted by Gasteiger charge is -2.19. The molecule has 0 saturated heterocycles. The molecular weight excluding hydrogens is 274 g/mol. The van der Waals surface area contributed by atoms with E-state index in [1.165, 1.54) is 11.8 Å². The van der Waals surface area contributed by atoms with Crippen LogP contribution in [0.3, 0.4) is 0 Å². The molecule has 2 unspecified atom stereocenters. The fraction of sp³-hybridized carbons (Fsp3) is 0.357. The first-order valence-corrected chi connectivity index (χ1v) is 7.38. The quantitative estimate of drug-likeness (QED) is 0.861. The maximum atomic E-state index is 12.0. The van der Waals surface area contributed by atoms with Gasteiger partial charge in [0.25, 0.3) is 0 Å². The van der Waals surface area contributed by atoms with Crippen molar-refractivity contribution in [3.63, 3.8) is 0 Å². The molecule has 2 aliphatic heterocycles. The third-order valence-corrected chi connectivity index (χ3v) is 4.39. The lowest BCUT2D eigenvalue weighted by atomic mass is 10.1. The third kappa shape index (κ3) is 2.70. The van der Waals surface area contributed by atoms with Crippen molar-refractivity contribution < 1.29 is 9.53 Å². The molecule has 20 heavy (non-hydrogen) atoms. The van der Waals surface area contributed by atoms with Crippen molar-refractivity contribution in [1.29, 1.82) is 0 Å². The maximum absolute atomic E-state index is 12.0. The Morgan fingerprint density at radius 3 is 2.80 bits per heavy atom. The monoisotopic (exact) mass is 289 g/mol. The summed E-state index contributed by atoms with van der Waals surface area (Å²) >= 11 is 1.54. The van der Waals surface area contributed by atoms with Crippen LogP contribution in [0.5, 0.6) is 0 Å². The average Bonchev–Trinajstić information content (AvgIpc) is 3.07. The van der Waals surface area contributed by atoms with E-state index in [1.54, 1.807) is 6.92 Å². The van der Waals surface area contributed by atoms with Crippen LogP contribution >= 0.6 is 11.8 Å². The SMILES string of the molecule is CC1=NC(C(SC2=NCCN2)c2ccccc2)C(=O)O1. The van der Waals surface area contributed by atoms with Crippen molar-refractivity contribution in [2.24, 2.45) is 9.98 Å². The fourth-order valence-electron chi connectivity index (χ4n) is 2.21. The second-order valence-corrected chi connectivity index (χ2v) is 5.71. The Kier molecular flexibility index (Phi) is 3.73. The first kappa shape index (κ1) is 13.2. The molecule has 0 amide bonds. The minimum Gasteiger partial charge on any atom is -0.411 e. The van der Waals surface area contributed by atoms with Crippen molar-refractivity contribution in [2.45, 2.75) is 18.2 Å². The molecule has 1 aromatic rings. The minimum absolute atomic E-state index is 0.120. The topological polar surface area (TPSA) is 63.0 Å². The van der Waals surface area contributed by atoms with Crippen molar-refractivity contribution in [1.82, 2.24) is 5.32 Å². The van der Waals surface area contributed by atoms with Gasteiger partial charge in [-0.3, -0.25) is 4.99 Å². The van der Waals surface area contributed by atoms with Crippen molar-refractivity contribution >= 4 is 28.8 Å². The number of ether oxygens (including phenoxy) is 1. The predicted molar refractivity (Wildman–Crippen MR) is 80.1 cm³/mol. The van der Waals surface area contributed by atoms with E-state index < -0.39 is 6.04 Å². The molecule has 0 spiro atoms. The highest BCUT2D eigenvalue weighted by Gasteiger charge is 2.37. The van der Waals surface area contributed by atoms with E-state index in [1.807, 2.05) is 30.3 Å². The number of amidine groups is 1. The molecule has 5 nitrogen and oxygen atoms in total. The molecule has 0 radical (unpaired) electrons. The number of cyclic esters (lactones) is 1. The molecule has 0 bridgehead atoms. The number of nitrogens with zero attached hydrogens (tertiary/aromatic N) is 2. The van der Waals surface area contributed by atoms with Crippen LogP contribution in [0.2, 0.25) is 0 Å². The van der Waals surface area contributed by atoms with Crippen LogP contribution in [0.1, 0.15) is 17.7 Å². The number of hydrogen-bond donors (Lipinski definition) is 1. The lowest BCUT2D eigenvalue weighted by molar-refractivity contribution is -0.135. The number of rotatable bonds is 3. The van der Waals surface area contributed by atoms with Crippen LogP contribution in [-0.2, 0) is 9.53 Å². The number of thioether (sulfide) groups is 1. The molecule has 1 aromatic carbocycles. The molecule has 1 N–H and O–H groups in total. The molecule has 2 heterocycles. The number of carbonyl (C=O) groups excluding carboxylic acids is 1. The van der Waals surface area contributed by atoms with Gasteiger partial charge in [0.1, 0.15) is 0 Å². The van der Waals surface area contributed by atoms with Gasteiger partial charge in [-0.2, -0.15) is 0 Å². The van der Waals surface area contributed by atoms with E-state index >= 15 is 0 Å². The Hall–Kier alpha value is -1.82. The van der Waals surface area contributed by atoms with Gasteiger partial charge in [0.15, 0.2) is 17.1 Å². The van der Waals surface area contributed by atoms with Crippen LogP contribution in [0, 0.1) is 0 Å². The van der Waals surface area contributed by atoms with E-state index in [0.717, 1.165) is 23.8 Å². The van der Waals surface area contributed by atoms with Gasteiger partial charge in [0, 0.05) is 13.5 Å². The molecular formula is C14H15N3O2S. The maximum Gasteiger partial charge on any atom is 0.338 e. The predicted octanol–water partition coefficient (Wildman–Crippen LogP) is 1.76. The van der Waals surface area contributed by atoms with Gasteiger partial charge in [-0.1, -0.05) is 42.1 Å². The van der Waals surface area contributed by atoms with Gasteiger partial charge in [-0.15, -0.1) is 0 Å². The lowest BCUT2D eigenvalue weighted by Crippen LogP contribution is -2.25. The zero-order chi connectivity index (χ0) is 13.9. The average molecular weight is 289 g/mol. The van der Waals surface area contributed by atoms with Crippen molar-refractivity contribution in [2.75, 3.05) is 13.1 Å². The smallest absolute Gasteiger partial charge is 0.338 e. The summed E-state index contributed by atoms with van der Waals surface area (Å²) in [5.74, 6) is 0.144. The van der Waals surface area contributed by atoms with Crippen LogP contribution in [0.25, 0.3) is 0 Å². The Balaban J connectivity index is 1.89. The van der Waals surface area contributed by atoms with Crippen LogP contribution < -0.4 is 5.32 Å². The van der Waals surface area contributed by atoms with Crippen LogP contribution in [0.4, 0.5) is 0 Å². The van der Waals surface area contributed by atoms with Gasteiger partial charge in [0.05, 0.1) is 11.8 Å². The van der Waals surface area contributed by atoms with Gasteiger partial charge >= 0.3 is 5.97 Å². The zero-order valence-electron chi connectivity index (χ0n) is 11.1. The number of carbonyl (C=O) groups is 1. The van der Waals surface area contributed by atoms with E-state index in [2.05, 4.69) is 15.3 Å². The van der Waals surface area contributed by atoms with Crippen molar-refractivity contribution in [3.05, 3.63) is 35.9 Å². The number of nitrogens with one attached hydrogen (secondary N) is 1. The van der Waals surface area contributed by atoms with Gasteiger partial charge in [0.2, 0.25) is 0 Å². The largest absolute Gasteiger partial charge is 0.411 e. The number of benzene rings is 1. The zero-order valence-corrected chi connectivity index (χ0v) is 11.9. The molecule has 0 aromatic heterocycles. The molecule has 104 valence electrons. The van der Waals surface area contributed by atoms with Crippen molar-refractivity contribution in [3.8, 4) is 0 Å². The van der Waals surface area contributed by atoms with Gasteiger partial charge in [-0.25, -0.2) is 9.79 Å². The third-order valence-electron chi connectivity index (χ3n) is 3.11. The Morgan fingerprint density at radius 2 is 2.20 bits per heavy atom. The van der Waals surface area contributed by atoms with Crippen LogP contribution in [0.15, 0.2) is 40.3 Å². The van der Waals surface area contributed by atoms with Gasteiger partial charge in [-0.05, 0) is 5.56 Å². The van der Waals surface area contributed by atoms with Gasteiger partial charge < -0.3 is 10.1 Å². The summed E-state index contributed by atoms with van der Waals surface area (Å²) in [6, 6.07) is 9.38. The van der Waals surface area contributed by atoms with E-state index in [-0.39, 0.29) is 11.2 Å². The molecule has 0 aliphatic carbocycles. The Morgan fingerprint density at radius 1 is 1.40 bits per heavy atom. The highest BCUT2D eigenvalue weighted by atomic mass is 32.2. The van der Waals surface area contributed by atoms with E-state index in [0.29, 0.717) is 5.90 Å². The summed E-state index contributed by atoms with van der Waals surface area (Å²) in [7, 11) is 0. The summed E-state index contributed by atoms with van der Waals surface area (Å²) in [5.41, 5.74) is 1.05. The number of esters is 1. The number of hydrogen-bond acceptors (Lipinski definition) is 6. The number of aliphatic imine (C=N–C) groups is 2. The molecule has 6 heteroatoms. The highest BCUT2D eigenvalue weighted by molar-refractivity contribution is 8.14. The summed E-state index contributed by atoms with van der Waals surface area (Å²) in [4.78, 5) is 20.7. The standard InChI is InChI=1S/C14H15N3O2S/c1-9-17-11(13(18)19-9)12(10-5-3-2-4-6-10)20-14-15-7-8-16-14/h2-6,11-12H,7-8H2,1H3,(H,15,16). The minimum atomic E-state index is -0.507. The van der Waals surface area contributed by atoms with E-state index in [9.17, 15) is 4.79 Å². The summed E-state index contributed by atoms with van der Waals surface area (Å²) in [5, 5.41) is 3.97. The van der Waals surface area contributed by atoms with Crippen LogP contribution in [-0.4, -0.2) is 36.2 Å².